The van der Waals surface area contributed by atoms with Gasteiger partial charge < -0.3 is 14.6 Å². The molecule has 0 saturated heterocycles. The summed E-state index contributed by atoms with van der Waals surface area (Å²) in [6.07, 6.45) is -0.538. The Balaban J connectivity index is 1.94. The largest absolute Gasteiger partial charge is 0.508 e. The van der Waals surface area contributed by atoms with Crippen molar-refractivity contribution in [3.05, 3.63) is 53.1 Å². The van der Waals surface area contributed by atoms with Crippen molar-refractivity contribution in [1.82, 2.24) is 0 Å². The van der Waals surface area contributed by atoms with Crippen LogP contribution >= 0.6 is 0 Å². The SMILES string of the molecule is COc1ccc(COC(=O)Nc2cc(C)c(O)cc2C)cc1. The Morgan fingerprint density at radius 1 is 1.14 bits per heavy atom. The number of amides is 1. The molecule has 0 aliphatic heterocycles. The van der Waals surface area contributed by atoms with Crippen LogP contribution in [0.3, 0.4) is 0 Å². The molecule has 0 bridgehead atoms. The Morgan fingerprint density at radius 2 is 1.82 bits per heavy atom. The van der Waals surface area contributed by atoms with Gasteiger partial charge in [0.15, 0.2) is 0 Å². The van der Waals surface area contributed by atoms with Gasteiger partial charge in [-0.3, -0.25) is 5.32 Å². The van der Waals surface area contributed by atoms with Crippen LogP contribution < -0.4 is 10.1 Å². The van der Waals surface area contributed by atoms with Gasteiger partial charge in [0.25, 0.3) is 0 Å². The van der Waals surface area contributed by atoms with Crippen molar-refractivity contribution in [3.63, 3.8) is 0 Å². The highest BCUT2D eigenvalue weighted by atomic mass is 16.5. The Morgan fingerprint density at radius 3 is 2.45 bits per heavy atom. The van der Waals surface area contributed by atoms with E-state index in [9.17, 15) is 9.90 Å². The maximum atomic E-state index is 11.8. The number of phenols is 1. The van der Waals surface area contributed by atoms with E-state index in [1.807, 2.05) is 24.3 Å². The summed E-state index contributed by atoms with van der Waals surface area (Å²) < 4.78 is 10.2. The van der Waals surface area contributed by atoms with Gasteiger partial charge in [0.1, 0.15) is 18.1 Å². The molecule has 0 aliphatic rings. The minimum Gasteiger partial charge on any atom is -0.508 e. The van der Waals surface area contributed by atoms with Crippen LogP contribution in [0.15, 0.2) is 36.4 Å². The minimum absolute atomic E-state index is 0.173. The quantitative estimate of drug-likeness (QED) is 0.844. The fraction of sp³-hybridized carbons (Fsp3) is 0.235. The van der Waals surface area contributed by atoms with E-state index in [0.29, 0.717) is 11.3 Å². The highest BCUT2D eigenvalue weighted by Crippen LogP contribution is 2.25. The molecular formula is C17H19NO4. The lowest BCUT2D eigenvalue weighted by Crippen LogP contribution is -2.14. The van der Waals surface area contributed by atoms with Gasteiger partial charge in [-0.05, 0) is 54.8 Å². The van der Waals surface area contributed by atoms with Crippen molar-refractivity contribution in [3.8, 4) is 11.5 Å². The first-order valence-electron chi connectivity index (χ1n) is 6.86. The number of aromatic hydroxyl groups is 1. The maximum absolute atomic E-state index is 11.8. The van der Waals surface area contributed by atoms with E-state index in [2.05, 4.69) is 5.32 Å². The molecule has 0 unspecified atom stereocenters. The molecule has 2 N–H and O–H groups in total. The monoisotopic (exact) mass is 301 g/mol. The number of hydrogen-bond donors (Lipinski definition) is 2. The summed E-state index contributed by atoms with van der Waals surface area (Å²) in [7, 11) is 1.60. The smallest absolute Gasteiger partial charge is 0.411 e. The van der Waals surface area contributed by atoms with Gasteiger partial charge >= 0.3 is 6.09 Å². The maximum Gasteiger partial charge on any atom is 0.411 e. The highest BCUT2D eigenvalue weighted by molar-refractivity contribution is 5.86. The first-order chi connectivity index (χ1) is 10.5. The molecule has 1 amide bonds. The lowest BCUT2D eigenvalue weighted by molar-refractivity contribution is 0.155. The summed E-state index contributed by atoms with van der Waals surface area (Å²) in [5, 5.41) is 12.3. The predicted molar refractivity (Wildman–Crippen MR) is 84.4 cm³/mol. The van der Waals surface area contributed by atoms with Gasteiger partial charge in [0.2, 0.25) is 0 Å². The Bertz CT molecular complexity index is 665. The number of benzene rings is 2. The number of rotatable bonds is 4. The second-order valence-electron chi connectivity index (χ2n) is 5.00. The number of anilines is 1. The predicted octanol–water partition coefficient (Wildman–Crippen LogP) is 3.77. The topological polar surface area (TPSA) is 67.8 Å². The minimum atomic E-state index is -0.538. The van der Waals surface area contributed by atoms with Crippen LogP contribution in [0, 0.1) is 13.8 Å². The van der Waals surface area contributed by atoms with Crippen LogP contribution in [-0.2, 0) is 11.3 Å². The third-order valence-electron chi connectivity index (χ3n) is 3.31. The van der Waals surface area contributed by atoms with E-state index in [-0.39, 0.29) is 12.4 Å². The molecule has 2 aromatic carbocycles. The van der Waals surface area contributed by atoms with Crippen molar-refractivity contribution in [2.45, 2.75) is 20.5 Å². The summed E-state index contributed by atoms with van der Waals surface area (Å²) in [4.78, 5) is 11.8. The first-order valence-corrected chi connectivity index (χ1v) is 6.86. The Kier molecular flexibility index (Phi) is 4.88. The average molecular weight is 301 g/mol. The highest BCUT2D eigenvalue weighted by Gasteiger charge is 2.08. The summed E-state index contributed by atoms with van der Waals surface area (Å²) >= 11 is 0. The number of carbonyl (C=O) groups excluding carboxylic acids is 1. The summed E-state index contributed by atoms with van der Waals surface area (Å²) in [5.74, 6) is 0.957. The fourth-order valence-corrected chi connectivity index (χ4v) is 1.95. The Hall–Kier alpha value is -2.69. The van der Waals surface area contributed by atoms with Crippen LogP contribution in [0.4, 0.5) is 10.5 Å². The number of carbonyl (C=O) groups is 1. The molecule has 2 aromatic rings. The molecule has 5 heteroatoms. The lowest BCUT2D eigenvalue weighted by atomic mass is 10.1. The second kappa shape index (κ2) is 6.85. The van der Waals surface area contributed by atoms with Crippen LogP contribution in [0.5, 0.6) is 11.5 Å². The first kappa shape index (κ1) is 15.7. The van der Waals surface area contributed by atoms with E-state index in [4.69, 9.17) is 9.47 Å². The molecule has 0 fully saturated rings. The van der Waals surface area contributed by atoms with Gasteiger partial charge in [-0.15, -0.1) is 0 Å². The van der Waals surface area contributed by atoms with E-state index in [0.717, 1.165) is 16.9 Å². The van der Waals surface area contributed by atoms with Gasteiger partial charge in [-0.25, -0.2) is 4.79 Å². The second-order valence-corrected chi connectivity index (χ2v) is 5.00. The average Bonchev–Trinajstić information content (AvgIpc) is 2.51. The number of hydrogen-bond acceptors (Lipinski definition) is 4. The van der Waals surface area contributed by atoms with Crippen molar-refractivity contribution in [1.29, 1.82) is 0 Å². The number of ether oxygens (including phenoxy) is 2. The van der Waals surface area contributed by atoms with Crippen molar-refractivity contribution >= 4 is 11.8 Å². The lowest BCUT2D eigenvalue weighted by Gasteiger charge is -2.11. The van der Waals surface area contributed by atoms with E-state index < -0.39 is 6.09 Å². The van der Waals surface area contributed by atoms with E-state index in [1.165, 1.54) is 0 Å². The van der Waals surface area contributed by atoms with Crippen molar-refractivity contribution in [2.24, 2.45) is 0 Å². The number of methoxy groups -OCH3 is 1. The van der Waals surface area contributed by atoms with E-state index >= 15 is 0 Å². The molecule has 0 radical (unpaired) electrons. The van der Waals surface area contributed by atoms with Crippen LogP contribution in [-0.4, -0.2) is 18.3 Å². The molecule has 2 rings (SSSR count). The molecule has 116 valence electrons. The summed E-state index contributed by atoms with van der Waals surface area (Å²) in [6, 6.07) is 10.6. The molecule has 0 saturated carbocycles. The van der Waals surface area contributed by atoms with Crippen LogP contribution in [0.25, 0.3) is 0 Å². The van der Waals surface area contributed by atoms with Gasteiger partial charge in [0.05, 0.1) is 7.11 Å². The molecule has 5 nitrogen and oxygen atoms in total. The molecule has 0 aliphatic carbocycles. The fourth-order valence-electron chi connectivity index (χ4n) is 1.95. The van der Waals surface area contributed by atoms with Crippen molar-refractivity contribution < 1.29 is 19.4 Å². The normalized spacial score (nSPS) is 10.1. The molecule has 0 spiro atoms. The zero-order valence-corrected chi connectivity index (χ0v) is 12.8. The van der Waals surface area contributed by atoms with E-state index in [1.54, 1.807) is 33.1 Å². The zero-order chi connectivity index (χ0) is 16.1. The van der Waals surface area contributed by atoms with Crippen LogP contribution in [0.1, 0.15) is 16.7 Å². The summed E-state index contributed by atoms with van der Waals surface area (Å²) in [6.45, 7) is 3.74. The number of nitrogens with one attached hydrogen (secondary N) is 1. The zero-order valence-electron chi connectivity index (χ0n) is 12.8. The van der Waals surface area contributed by atoms with Crippen LogP contribution in [0.2, 0.25) is 0 Å². The number of aryl methyl sites for hydroxylation is 2. The third-order valence-corrected chi connectivity index (χ3v) is 3.31. The van der Waals surface area contributed by atoms with Crippen molar-refractivity contribution in [2.75, 3.05) is 12.4 Å². The van der Waals surface area contributed by atoms with Gasteiger partial charge in [0, 0.05) is 5.69 Å². The molecule has 0 atom stereocenters. The molecule has 0 heterocycles. The summed E-state index contributed by atoms with van der Waals surface area (Å²) in [5.41, 5.74) is 2.95. The standard InChI is InChI=1S/C17H19NO4/c1-11-9-16(19)12(2)8-15(11)18-17(20)22-10-13-4-6-14(21-3)7-5-13/h4-9,19H,10H2,1-3H3,(H,18,20). The molecular weight excluding hydrogens is 282 g/mol. The van der Waals surface area contributed by atoms with Gasteiger partial charge in [-0.2, -0.15) is 0 Å². The molecule has 22 heavy (non-hydrogen) atoms. The third kappa shape index (κ3) is 3.91. The molecule has 0 aromatic heterocycles. The van der Waals surface area contributed by atoms with Gasteiger partial charge in [-0.1, -0.05) is 12.1 Å². The number of phenolic OH excluding ortho intramolecular Hbond substituents is 1. The Labute approximate surface area is 129 Å².